The van der Waals surface area contributed by atoms with Crippen LogP contribution in [0, 0.1) is 0 Å². The number of nitrogens with two attached hydrogens (primary N) is 1. The Kier molecular flexibility index (Phi) is 7.36. The van der Waals surface area contributed by atoms with Crippen molar-refractivity contribution in [1.82, 2.24) is 13.8 Å². The Morgan fingerprint density at radius 1 is 1.06 bits per heavy atom. The minimum absolute atomic E-state index is 0.0665. The van der Waals surface area contributed by atoms with Crippen LogP contribution in [0.25, 0.3) is 10.9 Å². The van der Waals surface area contributed by atoms with Crippen molar-refractivity contribution in [2.45, 2.75) is 17.9 Å². The Bertz CT molecular complexity index is 1290. The van der Waals surface area contributed by atoms with Gasteiger partial charge in [-0.15, -0.1) is 0 Å². The van der Waals surface area contributed by atoms with Gasteiger partial charge in [0.2, 0.25) is 10.0 Å². The van der Waals surface area contributed by atoms with Crippen LogP contribution in [-0.4, -0.2) is 62.8 Å². The zero-order valence-corrected chi connectivity index (χ0v) is 20.1. The van der Waals surface area contributed by atoms with Crippen molar-refractivity contribution in [2.24, 2.45) is 5.73 Å². The fourth-order valence-corrected chi connectivity index (χ4v) is 4.61. The van der Waals surface area contributed by atoms with Crippen molar-refractivity contribution in [2.75, 3.05) is 34.7 Å². The molecule has 3 rings (SSSR count). The predicted molar refractivity (Wildman–Crippen MR) is 128 cm³/mol. The van der Waals surface area contributed by atoms with Crippen LogP contribution in [0.1, 0.15) is 21.6 Å². The quantitative estimate of drug-likeness (QED) is 0.546. The topological polar surface area (TPSA) is 88.6 Å². The summed E-state index contributed by atoms with van der Waals surface area (Å²) in [4.78, 5) is 14.9. The van der Waals surface area contributed by atoms with Crippen LogP contribution in [0.2, 0.25) is 0 Å². The van der Waals surface area contributed by atoms with E-state index in [1.54, 1.807) is 42.9 Å². The van der Waals surface area contributed by atoms with Crippen LogP contribution in [0.15, 0.2) is 65.3 Å². The smallest absolute Gasteiger partial charge is 0.270 e. The van der Waals surface area contributed by atoms with Crippen LogP contribution in [0.5, 0.6) is 0 Å². The number of nitrogens with zero attached hydrogens (tertiary/aromatic N) is 3. The summed E-state index contributed by atoms with van der Waals surface area (Å²) >= 11 is 0. The van der Waals surface area contributed by atoms with Gasteiger partial charge < -0.3 is 15.2 Å². The summed E-state index contributed by atoms with van der Waals surface area (Å²) in [6.07, 6.45) is 1.68. The summed E-state index contributed by atoms with van der Waals surface area (Å²) in [7, 11) is 2.73. The normalized spacial score (nSPS) is 12.5. The molecule has 1 heterocycles. The predicted octanol–water partition coefficient (Wildman–Crippen LogP) is 3.00. The molecule has 7 nitrogen and oxygen atoms in total. The van der Waals surface area contributed by atoms with E-state index in [0.717, 1.165) is 26.3 Å². The highest BCUT2D eigenvalue weighted by Crippen LogP contribution is 2.30. The number of aromatic nitrogens is 1. The fraction of sp³-hybridized carbons (Fsp3) is 0.292. The molecule has 9 heteroatoms. The van der Waals surface area contributed by atoms with Gasteiger partial charge in [-0.2, -0.15) is 0 Å². The number of hydrogen-bond acceptors (Lipinski definition) is 4. The highest BCUT2D eigenvalue weighted by Gasteiger charge is 2.25. The van der Waals surface area contributed by atoms with Crippen LogP contribution >= 0.6 is 0 Å². The molecule has 1 amide bonds. The van der Waals surface area contributed by atoms with E-state index in [0.29, 0.717) is 12.1 Å². The van der Waals surface area contributed by atoms with Gasteiger partial charge in [-0.3, -0.25) is 4.79 Å². The largest absolute Gasteiger partial charge is 0.343 e. The lowest BCUT2D eigenvalue weighted by atomic mass is 10.0. The number of benzene rings is 2. The third-order valence-corrected chi connectivity index (χ3v) is 7.25. The molecule has 2 N–H and O–H groups in total. The lowest BCUT2D eigenvalue weighted by Gasteiger charge is -2.16. The van der Waals surface area contributed by atoms with Crippen molar-refractivity contribution in [3.05, 3.63) is 77.3 Å². The van der Waals surface area contributed by atoms with Gasteiger partial charge in [-0.05, 0) is 35.4 Å². The molecule has 0 radical (unpaired) electrons. The number of carbonyl (C=O) groups excluding carboxylic acids is 1. The van der Waals surface area contributed by atoms with E-state index in [1.807, 2.05) is 24.3 Å². The highest BCUT2D eigenvalue weighted by molar-refractivity contribution is 7.89. The lowest BCUT2D eigenvalue weighted by molar-refractivity contribution is 0.0817. The molecule has 33 heavy (non-hydrogen) atoms. The first-order valence-electron chi connectivity index (χ1n) is 10.5. The molecule has 176 valence electrons. The van der Waals surface area contributed by atoms with Gasteiger partial charge in [-0.1, -0.05) is 30.3 Å². The summed E-state index contributed by atoms with van der Waals surface area (Å²) in [6.45, 7) is -0.0380. The van der Waals surface area contributed by atoms with Crippen molar-refractivity contribution in [3.63, 3.8) is 0 Å². The number of sulfonamides is 1. The maximum absolute atomic E-state index is 14.5. The van der Waals surface area contributed by atoms with Gasteiger partial charge in [0.25, 0.3) is 5.91 Å². The molecular weight excluding hydrogens is 443 g/mol. The molecule has 0 fully saturated rings. The van der Waals surface area contributed by atoms with Crippen LogP contribution < -0.4 is 5.73 Å². The van der Waals surface area contributed by atoms with E-state index in [-0.39, 0.29) is 23.9 Å². The molecule has 0 aliphatic rings. The maximum atomic E-state index is 14.5. The number of rotatable bonds is 8. The monoisotopic (exact) mass is 472 g/mol. The average Bonchev–Trinajstić information content (AvgIpc) is 3.06. The average molecular weight is 473 g/mol. The molecule has 2 aromatic carbocycles. The number of fused-ring (bicyclic) bond motifs is 1. The summed E-state index contributed by atoms with van der Waals surface area (Å²) in [5.41, 5.74) is 8.19. The van der Waals surface area contributed by atoms with E-state index in [4.69, 9.17) is 5.73 Å². The van der Waals surface area contributed by atoms with Gasteiger partial charge in [0.05, 0.1) is 11.4 Å². The second kappa shape index (κ2) is 9.86. The zero-order chi connectivity index (χ0) is 24.3. The summed E-state index contributed by atoms with van der Waals surface area (Å²) in [6, 6.07) is 14.1. The van der Waals surface area contributed by atoms with E-state index in [2.05, 4.69) is 0 Å². The zero-order valence-electron chi connectivity index (χ0n) is 19.2. The minimum Gasteiger partial charge on any atom is -0.343 e. The van der Waals surface area contributed by atoms with Gasteiger partial charge >= 0.3 is 0 Å². The SMILES string of the molecule is CN(C)C(=O)c1c(Cc2ccc(S(=O)(=O)N(C)C)cc2)c2ccccc2n1CC(F)=CCN. The standard InChI is InChI=1S/C24H29FN4O3S/c1-27(2)24(30)23-21(15-17-9-11-19(12-10-17)33(31,32)28(3)4)20-7-5-6-8-22(20)29(23)16-18(25)13-14-26/h5-13H,14-16,26H2,1-4H3. The number of hydrogen-bond donors (Lipinski definition) is 1. The molecule has 1 aromatic heterocycles. The first-order valence-corrected chi connectivity index (χ1v) is 11.9. The second-order valence-electron chi connectivity index (χ2n) is 8.12. The van der Waals surface area contributed by atoms with E-state index >= 15 is 0 Å². The van der Waals surface area contributed by atoms with Crippen molar-refractivity contribution in [1.29, 1.82) is 0 Å². The molecule has 0 saturated heterocycles. The lowest BCUT2D eigenvalue weighted by Crippen LogP contribution is -2.26. The summed E-state index contributed by atoms with van der Waals surface area (Å²) in [5.74, 6) is -0.663. The molecule has 0 bridgehead atoms. The molecule has 0 saturated carbocycles. The minimum atomic E-state index is -3.54. The van der Waals surface area contributed by atoms with Gasteiger partial charge in [0.1, 0.15) is 11.5 Å². The van der Waals surface area contributed by atoms with E-state index < -0.39 is 15.9 Å². The fourth-order valence-electron chi connectivity index (χ4n) is 3.71. The number of allylic oxidation sites excluding steroid dienone is 1. The Balaban J connectivity index is 2.15. The van der Waals surface area contributed by atoms with Crippen molar-refractivity contribution >= 4 is 26.8 Å². The van der Waals surface area contributed by atoms with Crippen LogP contribution in [0.4, 0.5) is 4.39 Å². The maximum Gasteiger partial charge on any atom is 0.270 e. The third kappa shape index (κ3) is 5.00. The van der Waals surface area contributed by atoms with Crippen LogP contribution in [0.3, 0.4) is 0 Å². The number of carbonyl (C=O) groups is 1. The Morgan fingerprint density at radius 3 is 2.27 bits per heavy atom. The second-order valence-corrected chi connectivity index (χ2v) is 10.3. The van der Waals surface area contributed by atoms with Crippen molar-refractivity contribution in [3.8, 4) is 0 Å². The highest BCUT2D eigenvalue weighted by atomic mass is 32.2. The molecule has 3 aromatic rings. The molecular formula is C24H29FN4O3S. The van der Waals surface area contributed by atoms with Crippen molar-refractivity contribution < 1.29 is 17.6 Å². The Morgan fingerprint density at radius 2 is 1.70 bits per heavy atom. The summed E-state index contributed by atoms with van der Waals surface area (Å²) in [5, 5.41) is 0.841. The molecule has 0 aliphatic heterocycles. The third-order valence-electron chi connectivity index (χ3n) is 5.42. The molecule has 0 aliphatic carbocycles. The summed E-state index contributed by atoms with van der Waals surface area (Å²) < 4.78 is 42.1. The Hall–Kier alpha value is -3.01. The Labute approximate surface area is 193 Å². The van der Waals surface area contributed by atoms with E-state index in [1.165, 1.54) is 25.1 Å². The van der Waals surface area contributed by atoms with Gasteiger partial charge in [-0.25, -0.2) is 17.1 Å². The molecule has 0 unspecified atom stereocenters. The van der Waals surface area contributed by atoms with Gasteiger partial charge in [0, 0.05) is 52.1 Å². The molecule has 0 spiro atoms. The molecule has 0 atom stereocenters. The number of halogens is 1. The van der Waals surface area contributed by atoms with Gasteiger partial charge in [0.15, 0.2) is 0 Å². The first kappa shape index (κ1) is 24.6. The number of amides is 1. The first-order chi connectivity index (χ1) is 15.6. The van der Waals surface area contributed by atoms with Crippen LogP contribution in [-0.2, 0) is 23.0 Å². The van der Waals surface area contributed by atoms with E-state index in [9.17, 15) is 17.6 Å². The number of para-hydroxylation sites is 1.